The van der Waals surface area contributed by atoms with E-state index in [9.17, 15) is 23.9 Å². The van der Waals surface area contributed by atoms with Crippen LogP contribution >= 0.6 is 0 Å². The van der Waals surface area contributed by atoms with Crippen molar-refractivity contribution in [1.29, 1.82) is 0 Å². The van der Waals surface area contributed by atoms with Gasteiger partial charge in [-0.1, -0.05) is 40.7 Å². The van der Waals surface area contributed by atoms with E-state index >= 15 is 8.78 Å². The van der Waals surface area contributed by atoms with Crippen molar-refractivity contribution in [2.75, 3.05) is 6.86 Å². The van der Waals surface area contributed by atoms with E-state index in [0.717, 1.165) is 18.9 Å². The molecule has 0 aliphatic heterocycles. The highest BCUT2D eigenvalue weighted by atomic mass is 19.1. The summed E-state index contributed by atoms with van der Waals surface area (Å²) in [4.78, 5) is 39.5. The maximum Gasteiger partial charge on any atom is 0.509 e. The van der Waals surface area contributed by atoms with Gasteiger partial charge < -0.3 is 19.3 Å². The Kier molecular flexibility index (Phi) is 6.65. The predicted octanol–water partition coefficient (Wildman–Crippen LogP) is 6.13. The van der Waals surface area contributed by atoms with Gasteiger partial charge in [0.15, 0.2) is 11.5 Å². The first kappa shape index (κ1) is 30.7. The van der Waals surface area contributed by atoms with E-state index in [4.69, 9.17) is 14.2 Å². The average molecular weight is 609 g/mol. The number of halogens is 3. The Bertz CT molecular complexity index is 1310. The summed E-state index contributed by atoms with van der Waals surface area (Å²) in [5.74, 6) is -3.87. The number of ketones is 1. The number of esters is 1. The SMILES string of the molecule is C[C@@H]1C[C@H]2[C@@H]3C[C@H](F)C4=CC(=O)C=C[C@]4(C)[C@@]3(F)[C@@H](O)C[C@]2(C)[C@@]1(OC(=O)O[C@@H]1C[C@@H]2CC[C@@]1(C)C2(C)C)C(=O)OCF. The van der Waals surface area contributed by atoms with E-state index in [2.05, 4.69) is 20.8 Å². The summed E-state index contributed by atoms with van der Waals surface area (Å²) in [5, 5.41) is 11.6. The number of ether oxygens (including phenoxy) is 3. The van der Waals surface area contributed by atoms with E-state index < -0.39 is 83.0 Å². The van der Waals surface area contributed by atoms with Gasteiger partial charge in [-0.2, -0.15) is 0 Å². The molecule has 0 heterocycles. The van der Waals surface area contributed by atoms with Crippen LogP contribution in [0.5, 0.6) is 0 Å². The molecule has 10 heteroatoms. The number of hydrogen-bond donors (Lipinski definition) is 1. The van der Waals surface area contributed by atoms with E-state index in [-0.39, 0.29) is 35.7 Å². The molecule has 12 atom stereocenters. The molecular weight excluding hydrogens is 565 g/mol. The zero-order chi connectivity index (χ0) is 31.5. The first-order valence-corrected chi connectivity index (χ1v) is 15.5. The first-order chi connectivity index (χ1) is 19.9. The lowest BCUT2D eigenvalue weighted by Gasteiger charge is -2.62. The van der Waals surface area contributed by atoms with Crippen LogP contribution in [-0.4, -0.2) is 59.5 Å². The molecule has 0 spiro atoms. The second-order valence-corrected chi connectivity index (χ2v) is 15.3. The second-order valence-electron chi connectivity index (χ2n) is 15.3. The zero-order valence-electron chi connectivity index (χ0n) is 25.8. The lowest BCUT2D eigenvalue weighted by molar-refractivity contribution is -0.236. The quantitative estimate of drug-likeness (QED) is 0.384. The fraction of sp³-hybridized carbons (Fsp3) is 0.788. The molecule has 1 N–H and O–H groups in total. The average Bonchev–Trinajstić information content (AvgIpc) is 3.36. The number of fused-ring (bicyclic) bond motifs is 7. The van der Waals surface area contributed by atoms with Crippen molar-refractivity contribution in [2.45, 2.75) is 110 Å². The van der Waals surface area contributed by atoms with Gasteiger partial charge in [0, 0.05) is 28.1 Å². The van der Waals surface area contributed by atoms with Crippen LogP contribution in [0.4, 0.5) is 18.0 Å². The maximum absolute atomic E-state index is 17.6. The minimum atomic E-state index is -2.38. The van der Waals surface area contributed by atoms with Crippen molar-refractivity contribution in [3.63, 3.8) is 0 Å². The van der Waals surface area contributed by atoms with Gasteiger partial charge in [0.05, 0.1) is 6.10 Å². The predicted molar refractivity (Wildman–Crippen MR) is 149 cm³/mol. The highest BCUT2D eigenvalue weighted by Gasteiger charge is 2.79. The van der Waals surface area contributed by atoms with Crippen molar-refractivity contribution in [2.24, 2.45) is 45.3 Å². The van der Waals surface area contributed by atoms with Gasteiger partial charge in [-0.3, -0.25) is 4.79 Å². The molecule has 7 nitrogen and oxygen atoms in total. The third-order valence-corrected chi connectivity index (χ3v) is 13.9. The van der Waals surface area contributed by atoms with Crippen LogP contribution in [-0.2, 0) is 23.8 Å². The van der Waals surface area contributed by atoms with Gasteiger partial charge in [0.25, 0.3) is 0 Å². The van der Waals surface area contributed by atoms with E-state index in [1.54, 1.807) is 13.8 Å². The number of hydrogen-bond acceptors (Lipinski definition) is 7. The summed E-state index contributed by atoms with van der Waals surface area (Å²) in [7, 11) is 0. The lowest BCUT2D eigenvalue weighted by Crippen LogP contribution is -2.71. The Balaban J connectivity index is 1.37. The third-order valence-electron chi connectivity index (χ3n) is 13.9. The monoisotopic (exact) mass is 608 g/mol. The molecule has 0 amide bonds. The number of alkyl halides is 3. The molecule has 0 saturated heterocycles. The van der Waals surface area contributed by atoms with Crippen LogP contribution < -0.4 is 0 Å². The molecule has 5 fully saturated rings. The summed E-state index contributed by atoms with van der Waals surface area (Å²) >= 11 is 0. The largest absolute Gasteiger partial charge is 0.509 e. The van der Waals surface area contributed by atoms with E-state index in [1.807, 2.05) is 0 Å². The fourth-order valence-electron chi connectivity index (χ4n) is 11.0. The number of aliphatic hydroxyl groups excluding tert-OH is 1. The molecule has 0 aromatic carbocycles. The normalized spacial score (nSPS) is 50.8. The van der Waals surface area contributed by atoms with Crippen LogP contribution in [0.2, 0.25) is 0 Å². The molecule has 238 valence electrons. The highest BCUT2D eigenvalue weighted by molar-refractivity contribution is 6.01. The summed E-state index contributed by atoms with van der Waals surface area (Å²) in [6.45, 7) is 9.69. The van der Waals surface area contributed by atoms with Crippen molar-refractivity contribution in [3.8, 4) is 0 Å². The molecule has 0 aromatic rings. The van der Waals surface area contributed by atoms with Crippen LogP contribution in [0.25, 0.3) is 0 Å². The number of allylic oxidation sites excluding steroid dienone is 4. The van der Waals surface area contributed by atoms with Crippen molar-refractivity contribution in [1.82, 2.24) is 0 Å². The third kappa shape index (κ3) is 3.56. The van der Waals surface area contributed by atoms with E-state index in [0.29, 0.717) is 12.3 Å². The van der Waals surface area contributed by atoms with Gasteiger partial charge in [-0.15, -0.1) is 0 Å². The molecule has 6 aliphatic rings. The fourth-order valence-corrected chi connectivity index (χ4v) is 11.0. The Labute approximate surface area is 250 Å². The highest BCUT2D eigenvalue weighted by Crippen LogP contribution is 2.72. The van der Waals surface area contributed by atoms with Gasteiger partial charge >= 0.3 is 12.1 Å². The maximum atomic E-state index is 17.6. The molecule has 0 unspecified atom stereocenters. The van der Waals surface area contributed by atoms with Crippen molar-refractivity contribution >= 4 is 17.9 Å². The molecule has 5 saturated carbocycles. The van der Waals surface area contributed by atoms with Gasteiger partial charge in [0.2, 0.25) is 12.5 Å². The minimum absolute atomic E-state index is 0.0161. The Morgan fingerprint density at radius 1 is 1.07 bits per heavy atom. The number of aliphatic hydroxyl groups is 1. The topological polar surface area (TPSA) is 99.1 Å². The Morgan fingerprint density at radius 3 is 2.37 bits per heavy atom. The van der Waals surface area contributed by atoms with Gasteiger partial charge in [-0.25, -0.2) is 22.8 Å². The summed E-state index contributed by atoms with van der Waals surface area (Å²) in [5.41, 5.74) is -7.92. The Morgan fingerprint density at radius 2 is 1.77 bits per heavy atom. The van der Waals surface area contributed by atoms with Crippen LogP contribution in [0, 0.1) is 45.3 Å². The van der Waals surface area contributed by atoms with Gasteiger partial charge in [-0.05, 0) is 80.4 Å². The lowest BCUT2D eigenvalue weighted by atomic mass is 9.44. The standard InChI is InChI=1S/C33H43F3O7/c1-17-11-20-21-14-23(35)22-13-19(37)8-10-29(22,4)32(21,36)24(38)15-31(20,6)33(17,26(39)41-16-34)43-27(40)42-25-12-18-7-9-30(25,5)28(18,2)3/h8,10,13,17-18,20-21,23-25,38H,7,9,11-12,14-16H2,1-6H3/t17-,18+,20+,21+,23+,24+,25-,29+,30-,31+,32+,33+/m1/s1. The molecular formula is C33H43F3O7. The molecule has 0 aromatic heterocycles. The number of carbonyl (C=O) groups is 3. The number of rotatable bonds is 4. The van der Waals surface area contributed by atoms with Crippen LogP contribution in [0.15, 0.2) is 23.8 Å². The first-order valence-electron chi connectivity index (χ1n) is 15.5. The van der Waals surface area contributed by atoms with Gasteiger partial charge in [0.1, 0.15) is 12.3 Å². The molecule has 43 heavy (non-hydrogen) atoms. The Hall–Kier alpha value is -2.36. The molecule has 6 aliphatic carbocycles. The van der Waals surface area contributed by atoms with Crippen LogP contribution in [0.3, 0.4) is 0 Å². The van der Waals surface area contributed by atoms with Crippen molar-refractivity contribution in [3.05, 3.63) is 23.8 Å². The number of carbonyl (C=O) groups excluding carboxylic acids is 3. The summed E-state index contributed by atoms with van der Waals surface area (Å²) in [6.07, 6.45) is 0.710. The summed E-state index contributed by atoms with van der Waals surface area (Å²) in [6, 6.07) is 0. The second kappa shape index (κ2) is 9.33. The smallest absolute Gasteiger partial charge is 0.431 e. The zero-order valence-corrected chi connectivity index (χ0v) is 25.8. The molecule has 2 bridgehead atoms. The molecule has 0 radical (unpaired) electrons. The summed E-state index contributed by atoms with van der Waals surface area (Å²) < 4.78 is 63.8. The molecule has 6 rings (SSSR count). The van der Waals surface area contributed by atoms with Crippen molar-refractivity contribution < 1.29 is 46.9 Å². The minimum Gasteiger partial charge on any atom is -0.431 e. The van der Waals surface area contributed by atoms with E-state index in [1.165, 1.54) is 19.1 Å². The van der Waals surface area contributed by atoms with Crippen LogP contribution in [0.1, 0.15) is 80.1 Å².